The number of thiazole rings is 1. The van der Waals surface area contributed by atoms with Gasteiger partial charge in [-0.15, -0.1) is 11.3 Å². The minimum atomic E-state index is -0.814. The van der Waals surface area contributed by atoms with Gasteiger partial charge in [0.2, 0.25) is 5.91 Å². The number of nitrogens with one attached hydrogen (secondary N) is 1. The number of amides is 1. The van der Waals surface area contributed by atoms with E-state index in [0.29, 0.717) is 29.6 Å². The van der Waals surface area contributed by atoms with Crippen LogP contribution in [0, 0.1) is 5.92 Å². The summed E-state index contributed by atoms with van der Waals surface area (Å²) in [5, 5.41) is 19.6. The molecular weight excluding hydrogens is 344 g/mol. The zero-order chi connectivity index (χ0) is 18.2. The first kappa shape index (κ1) is 19.4. The van der Waals surface area contributed by atoms with E-state index >= 15 is 0 Å². The molecule has 1 fully saturated rings. The zero-order valence-corrected chi connectivity index (χ0v) is 14.9. The summed E-state index contributed by atoms with van der Waals surface area (Å²) in [5.41, 5.74) is 0.664. The Bertz CT molecular complexity index is 610. The quantitative estimate of drug-likeness (QED) is 0.702. The summed E-state index contributed by atoms with van der Waals surface area (Å²) in [5.74, 6) is -0.810. The largest absolute Gasteiger partial charge is 0.483 e. The Balaban J connectivity index is 0.000000701. The van der Waals surface area contributed by atoms with Crippen LogP contribution < -0.4 is 5.32 Å². The molecule has 0 aromatic carbocycles. The highest BCUT2D eigenvalue weighted by molar-refractivity contribution is 7.15. The lowest BCUT2D eigenvalue weighted by Gasteiger charge is -2.20. The molecule has 1 heterocycles. The Morgan fingerprint density at radius 1 is 1.20 bits per heavy atom. The van der Waals surface area contributed by atoms with Crippen molar-refractivity contribution in [3.05, 3.63) is 10.6 Å². The van der Waals surface area contributed by atoms with E-state index in [1.807, 2.05) is 0 Å². The number of carboxylic acids is 1. The maximum absolute atomic E-state index is 12.1. The summed E-state index contributed by atoms with van der Waals surface area (Å²) in [7, 11) is 0. The predicted octanol–water partition coefficient (Wildman–Crippen LogP) is 3.26. The number of carboxylic acid groups (broad SMARTS) is 2. The molecule has 0 radical (unpaired) electrons. The first-order valence-electron chi connectivity index (χ1n) is 8.65. The van der Waals surface area contributed by atoms with E-state index < -0.39 is 11.9 Å². The van der Waals surface area contributed by atoms with Crippen LogP contribution in [0.1, 0.15) is 67.9 Å². The SMILES string of the molecule is O=C(CC1CCCCC1)Nc1nc2c(s1)CCCC2C(=O)O.O=CO. The van der Waals surface area contributed by atoms with Gasteiger partial charge < -0.3 is 15.5 Å². The van der Waals surface area contributed by atoms with Crippen molar-refractivity contribution in [1.29, 1.82) is 0 Å². The van der Waals surface area contributed by atoms with Crippen LogP contribution in [0.25, 0.3) is 0 Å². The van der Waals surface area contributed by atoms with E-state index in [1.165, 1.54) is 30.6 Å². The van der Waals surface area contributed by atoms with E-state index in [-0.39, 0.29) is 12.4 Å². The lowest BCUT2D eigenvalue weighted by atomic mass is 9.87. The molecule has 1 amide bonds. The molecule has 1 saturated carbocycles. The number of rotatable bonds is 4. The van der Waals surface area contributed by atoms with Gasteiger partial charge in [-0.05, 0) is 38.0 Å². The third-order valence-corrected chi connectivity index (χ3v) is 5.74. The average molecular weight is 368 g/mol. The molecule has 0 saturated heterocycles. The number of nitrogens with zero attached hydrogens (tertiary/aromatic N) is 1. The van der Waals surface area contributed by atoms with Gasteiger partial charge in [-0.25, -0.2) is 4.98 Å². The van der Waals surface area contributed by atoms with Crippen molar-refractivity contribution in [3.63, 3.8) is 0 Å². The molecule has 0 bridgehead atoms. The highest BCUT2D eigenvalue weighted by Gasteiger charge is 2.30. The Hall–Kier alpha value is -1.96. The highest BCUT2D eigenvalue weighted by Crippen LogP contribution is 2.37. The maximum Gasteiger partial charge on any atom is 0.312 e. The molecule has 3 N–H and O–H groups in total. The van der Waals surface area contributed by atoms with Gasteiger partial charge in [0.25, 0.3) is 6.47 Å². The Morgan fingerprint density at radius 3 is 2.52 bits per heavy atom. The van der Waals surface area contributed by atoms with Crippen LogP contribution in [0.5, 0.6) is 0 Å². The Labute approximate surface area is 150 Å². The predicted molar refractivity (Wildman–Crippen MR) is 93.9 cm³/mol. The van der Waals surface area contributed by atoms with E-state index in [1.54, 1.807) is 0 Å². The first-order valence-corrected chi connectivity index (χ1v) is 9.47. The van der Waals surface area contributed by atoms with E-state index in [9.17, 15) is 14.7 Å². The standard InChI is InChI=1S/C16H22N2O3S.CH2O2/c19-13(9-10-5-2-1-3-6-10)17-16-18-14-11(15(20)21)7-4-8-12(14)22-16;2-1-3/h10-11H,1-9H2,(H,20,21)(H,17,18,19);1H,(H,2,3). The fraction of sp³-hybridized carbons (Fsp3) is 0.647. The molecule has 8 heteroatoms. The van der Waals surface area contributed by atoms with Crippen LogP contribution in [0.2, 0.25) is 0 Å². The second kappa shape index (κ2) is 9.50. The first-order chi connectivity index (χ1) is 12.0. The van der Waals surface area contributed by atoms with Crippen molar-refractivity contribution in [1.82, 2.24) is 4.98 Å². The van der Waals surface area contributed by atoms with E-state index in [0.717, 1.165) is 30.6 Å². The summed E-state index contributed by atoms with van der Waals surface area (Å²) >= 11 is 1.44. The van der Waals surface area contributed by atoms with Gasteiger partial charge in [-0.2, -0.15) is 0 Å². The van der Waals surface area contributed by atoms with Gasteiger partial charge in [0.1, 0.15) is 5.92 Å². The number of carbonyl (C=O) groups excluding carboxylic acids is 1. The number of aryl methyl sites for hydroxylation is 1. The van der Waals surface area contributed by atoms with Crippen LogP contribution in [0.4, 0.5) is 5.13 Å². The maximum atomic E-state index is 12.1. The number of hydrogen-bond donors (Lipinski definition) is 3. The van der Waals surface area contributed by atoms with Crippen molar-refractivity contribution < 1.29 is 24.6 Å². The normalized spacial score (nSPS) is 19.9. The smallest absolute Gasteiger partial charge is 0.312 e. The molecule has 2 aliphatic carbocycles. The van der Waals surface area contributed by atoms with Crippen molar-refractivity contribution in [2.24, 2.45) is 5.92 Å². The van der Waals surface area contributed by atoms with Crippen LogP contribution in [0.3, 0.4) is 0 Å². The highest BCUT2D eigenvalue weighted by atomic mass is 32.1. The minimum Gasteiger partial charge on any atom is -0.483 e. The van der Waals surface area contributed by atoms with E-state index in [4.69, 9.17) is 9.90 Å². The second-order valence-corrected chi connectivity index (χ2v) is 7.56. The lowest BCUT2D eigenvalue weighted by molar-refractivity contribution is -0.139. The minimum absolute atomic E-state index is 0.0184. The molecule has 1 aromatic rings. The molecule has 138 valence electrons. The average Bonchev–Trinajstić information content (AvgIpc) is 2.98. The molecule has 3 rings (SSSR count). The van der Waals surface area contributed by atoms with Crippen LogP contribution in [-0.2, 0) is 20.8 Å². The van der Waals surface area contributed by atoms with Gasteiger partial charge in [0.15, 0.2) is 5.13 Å². The molecule has 7 nitrogen and oxygen atoms in total. The zero-order valence-electron chi connectivity index (χ0n) is 14.1. The number of aromatic nitrogens is 1. The topological polar surface area (TPSA) is 117 Å². The lowest BCUT2D eigenvalue weighted by Crippen LogP contribution is -2.19. The summed E-state index contributed by atoms with van der Waals surface area (Å²) in [4.78, 5) is 37.2. The summed E-state index contributed by atoms with van der Waals surface area (Å²) in [6.07, 6.45) is 8.97. The van der Waals surface area contributed by atoms with Crippen LogP contribution in [0.15, 0.2) is 0 Å². The summed E-state index contributed by atoms with van der Waals surface area (Å²) < 4.78 is 0. The van der Waals surface area contributed by atoms with Gasteiger partial charge in [0.05, 0.1) is 5.69 Å². The fourth-order valence-corrected chi connectivity index (χ4v) is 4.62. The number of aliphatic carboxylic acids is 1. The van der Waals surface area contributed by atoms with Crippen molar-refractivity contribution in [2.45, 2.75) is 63.7 Å². The summed E-state index contributed by atoms with van der Waals surface area (Å²) in [6.45, 7) is -0.250. The van der Waals surface area contributed by atoms with Gasteiger partial charge in [-0.3, -0.25) is 14.4 Å². The van der Waals surface area contributed by atoms with Crippen molar-refractivity contribution in [2.75, 3.05) is 5.32 Å². The molecule has 1 atom stereocenters. The van der Waals surface area contributed by atoms with E-state index in [2.05, 4.69) is 10.3 Å². The molecule has 0 aliphatic heterocycles. The van der Waals surface area contributed by atoms with Crippen LogP contribution in [-0.4, -0.2) is 33.5 Å². The monoisotopic (exact) mass is 368 g/mol. The third-order valence-electron chi connectivity index (χ3n) is 4.70. The van der Waals surface area contributed by atoms with Gasteiger partial charge in [-0.1, -0.05) is 19.3 Å². The Morgan fingerprint density at radius 2 is 1.88 bits per heavy atom. The molecule has 2 aliphatic rings. The molecule has 0 spiro atoms. The number of fused-ring (bicyclic) bond motifs is 1. The molecule has 1 unspecified atom stereocenters. The van der Waals surface area contributed by atoms with Crippen molar-refractivity contribution >= 4 is 34.8 Å². The summed E-state index contributed by atoms with van der Waals surface area (Å²) in [6, 6.07) is 0. The van der Waals surface area contributed by atoms with Crippen molar-refractivity contribution in [3.8, 4) is 0 Å². The second-order valence-electron chi connectivity index (χ2n) is 6.47. The molecule has 1 aromatic heterocycles. The number of carbonyl (C=O) groups is 3. The van der Waals surface area contributed by atoms with Gasteiger partial charge >= 0.3 is 5.97 Å². The van der Waals surface area contributed by atoms with Crippen LogP contribution >= 0.6 is 11.3 Å². The number of anilines is 1. The molecular formula is C17H24N2O5S. The number of hydrogen-bond acceptors (Lipinski definition) is 5. The fourth-order valence-electron chi connectivity index (χ4n) is 3.54. The third kappa shape index (κ3) is 5.52. The Kier molecular flexibility index (Phi) is 7.36. The molecule has 25 heavy (non-hydrogen) atoms. The van der Waals surface area contributed by atoms with Gasteiger partial charge in [0, 0.05) is 11.3 Å².